The third-order valence-electron chi connectivity index (χ3n) is 3.89. The van der Waals surface area contributed by atoms with E-state index in [0.29, 0.717) is 6.54 Å². The number of aryl methyl sites for hydroxylation is 2. The molecule has 1 aliphatic carbocycles. The number of aliphatic hydroxyl groups excluding tert-OH is 1. The van der Waals surface area contributed by atoms with Gasteiger partial charge in [-0.15, -0.1) is 0 Å². The fourth-order valence-corrected chi connectivity index (χ4v) is 2.89. The Morgan fingerprint density at radius 3 is 2.61 bits per heavy atom. The van der Waals surface area contributed by atoms with E-state index in [1.54, 1.807) is 0 Å². The molecule has 0 bridgehead atoms. The predicted molar refractivity (Wildman–Crippen MR) is 71.4 cm³/mol. The van der Waals surface area contributed by atoms with Gasteiger partial charge in [0.15, 0.2) is 5.82 Å². The molecule has 2 rings (SSSR count). The summed E-state index contributed by atoms with van der Waals surface area (Å²) in [5.41, 5.74) is 0. The Balaban J connectivity index is 1.92. The first kappa shape index (κ1) is 13.5. The van der Waals surface area contributed by atoms with Crippen LogP contribution in [-0.2, 0) is 19.4 Å². The zero-order valence-corrected chi connectivity index (χ0v) is 11.6. The van der Waals surface area contributed by atoms with Crippen molar-refractivity contribution in [2.45, 2.75) is 71.4 Å². The highest BCUT2D eigenvalue weighted by Gasteiger charge is 2.20. The minimum absolute atomic E-state index is 0.273. The van der Waals surface area contributed by atoms with Gasteiger partial charge in [0.25, 0.3) is 0 Å². The van der Waals surface area contributed by atoms with Crippen molar-refractivity contribution >= 4 is 0 Å². The number of hydrogen-bond donors (Lipinski definition) is 1. The van der Waals surface area contributed by atoms with E-state index in [0.717, 1.165) is 36.8 Å². The van der Waals surface area contributed by atoms with Crippen LogP contribution in [0.2, 0.25) is 0 Å². The molecule has 0 aliphatic heterocycles. The fraction of sp³-hybridized carbons (Fsp3) is 0.857. The van der Waals surface area contributed by atoms with Gasteiger partial charge in [-0.3, -0.25) is 0 Å². The summed E-state index contributed by atoms with van der Waals surface area (Å²) in [6.45, 7) is 4.75. The van der Waals surface area contributed by atoms with Crippen molar-refractivity contribution in [1.29, 1.82) is 0 Å². The molecule has 1 unspecified atom stereocenters. The lowest BCUT2D eigenvalue weighted by Gasteiger charge is -2.15. The second kappa shape index (κ2) is 6.32. The summed E-state index contributed by atoms with van der Waals surface area (Å²) in [5, 5.41) is 14.6. The molecule has 0 saturated heterocycles. The summed E-state index contributed by atoms with van der Waals surface area (Å²) < 4.78 is 1.90. The lowest BCUT2D eigenvalue weighted by molar-refractivity contribution is 0.119. The van der Waals surface area contributed by atoms with Crippen molar-refractivity contribution in [3.05, 3.63) is 11.6 Å². The Labute approximate surface area is 109 Å². The zero-order valence-electron chi connectivity index (χ0n) is 11.6. The maximum absolute atomic E-state index is 10.2. The summed E-state index contributed by atoms with van der Waals surface area (Å²) >= 11 is 0. The molecule has 1 aromatic rings. The lowest BCUT2D eigenvalue weighted by Crippen LogP contribution is -2.21. The summed E-state index contributed by atoms with van der Waals surface area (Å²) in [6, 6.07) is 0. The van der Waals surface area contributed by atoms with Crippen LogP contribution in [0.25, 0.3) is 0 Å². The number of aliphatic hydroxyl groups is 1. The standard InChI is InChI=1S/C14H25N3O/c1-3-13-15-14(4-2)17(16-13)10-12(18)9-11-7-5-6-8-11/h11-12,18H,3-10H2,1-2H3. The topological polar surface area (TPSA) is 50.9 Å². The maximum atomic E-state index is 10.2. The molecule has 0 radical (unpaired) electrons. The first-order valence-electron chi connectivity index (χ1n) is 7.33. The highest BCUT2D eigenvalue weighted by molar-refractivity contribution is 4.93. The monoisotopic (exact) mass is 251 g/mol. The molecule has 4 heteroatoms. The van der Waals surface area contributed by atoms with Crippen LogP contribution in [0.15, 0.2) is 0 Å². The first-order chi connectivity index (χ1) is 8.72. The maximum Gasteiger partial charge on any atom is 0.150 e. The number of rotatable bonds is 6. The third kappa shape index (κ3) is 3.31. The van der Waals surface area contributed by atoms with Gasteiger partial charge in [0.2, 0.25) is 0 Å². The van der Waals surface area contributed by atoms with Crippen molar-refractivity contribution in [1.82, 2.24) is 14.8 Å². The molecule has 1 aromatic heterocycles. The highest BCUT2D eigenvalue weighted by atomic mass is 16.3. The van der Waals surface area contributed by atoms with Gasteiger partial charge in [0, 0.05) is 12.8 Å². The number of aromatic nitrogens is 3. The predicted octanol–water partition coefficient (Wildman–Crippen LogP) is 2.34. The van der Waals surface area contributed by atoms with Gasteiger partial charge in [-0.25, -0.2) is 9.67 Å². The van der Waals surface area contributed by atoms with Gasteiger partial charge in [-0.2, -0.15) is 5.10 Å². The summed E-state index contributed by atoms with van der Waals surface area (Å²) in [4.78, 5) is 4.47. The lowest BCUT2D eigenvalue weighted by atomic mass is 10.0. The van der Waals surface area contributed by atoms with E-state index >= 15 is 0 Å². The van der Waals surface area contributed by atoms with Gasteiger partial charge in [-0.05, 0) is 12.3 Å². The molecule has 4 nitrogen and oxygen atoms in total. The molecule has 102 valence electrons. The molecule has 18 heavy (non-hydrogen) atoms. The summed E-state index contributed by atoms with van der Waals surface area (Å²) in [7, 11) is 0. The molecule has 1 heterocycles. The second-order valence-electron chi connectivity index (χ2n) is 5.37. The minimum Gasteiger partial charge on any atom is -0.391 e. The van der Waals surface area contributed by atoms with Crippen molar-refractivity contribution in [2.24, 2.45) is 5.92 Å². The normalized spacial score (nSPS) is 18.4. The van der Waals surface area contributed by atoms with E-state index in [2.05, 4.69) is 23.9 Å². The molecule has 1 fully saturated rings. The molecule has 0 amide bonds. The first-order valence-corrected chi connectivity index (χ1v) is 7.33. The van der Waals surface area contributed by atoms with Gasteiger partial charge in [0.05, 0.1) is 12.6 Å². The molecule has 1 saturated carbocycles. The van der Waals surface area contributed by atoms with Crippen LogP contribution in [0.3, 0.4) is 0 Å². The van der Waals surface area contributed by atoms with Crippen LogP contribution < -0.4 is 0 Å². The van der Waals surface area contributed by atoms with E-state index in [4.69, 9.17) is 0 Å². The Morgan fingerprint density at radius 2 is 2.00 bits per heavy atom. The van der Waals surface area contributed by atoms with Crippen LogP contribution in [0, 0.1) is 5.92 Å². The molecular formula is C14H25N3O. The molecular weight excluding hydrogens is 226 g/mol. The van der Waals surface area contributed by atoms with Gasteiger partial charge in [0.1, 0.15) is 5.82 Å². The van der Waals surface area contributed by atoms with E-state index in [-0.39, 0.29) is 6.10 Å². The van der Waals surface area contributed by atoms with Crippen molar-refractivity contribution < 1.29 is 5.11 Å². The van der Waals surface area contributed by atoms with Crippen LogP contribution in [-0.4, -0.2) is 26.0 Å². The van der Waals surface area contributed by atoms with E-state index in [9.17, 15) is 5.11 Å². The Kier molecular flexibility index (Phi) is 4.75. The van der Waals surface area contributed by atoms with Crippen molar-refractivity contribution in [3.8, 4) is 0 Å². The molecule has 1 atom stereocenters. The summed E-state index contributed by atoms with van der Waals surface area (Å²) in [6.07, 6.45) is 7.63. The molecule has 0 spiro atoms. The van der Waals surface area contributed by atoms with Crippen LogP contribution >= 0.6 is 0 Å². The van der Waals surface area contributed by atoms with Crippen LogP contribution in [0.4, 0.5) is 0 Å². The van der Waals surface area contributed by atoms with Crippen LogP contribution in [0.5, 0.6) is 0 Å². The highest BCUT2D eigenvalue weighted by Crippen LogP contribution is 2.28. The van der Waals surface area contributed by atoms with Gasteiger partial charge in [-0.1, -0.05) is 39.5 Å². The molecule has 1 aliphatic rings. The average Bonchev–Trinajstić information content (AvgIpc) is 2.98. The fourth-order valence-electron chi connectivity index (χ4n) is 2.89. The number of hydrogen-bond acceptors (Lipinski definition) is 3. The zero-order chi connectivity index (χ0) is 13.0. The van der Waals surface area contributed by atoms with Crippen LogP contribution in [0.1, 0.15) is 57.6 Å². The van der Waals surface area contributed by atoms with Gasteiger partial charge < -0.3 is 5.11 Å². The van der Waals surface area contributed by atoms with Gasteiger partial charge >= 0.3 is 0 Å². The third-order valence-corrected chi connectivity index (χ3v) is 3.89. The van der Waals surface area contributed by atoms with Crippen molar-refractivity contribution in [2.75, 3.05) is 0 Å². The molecule has 1 N–H and O–H groups in total. The smallest absolute Gasteiger partial charge is 0.150 e. The average molecular weight is 251 g/mol. The van der Waals surface area contributed by atoms with Crippen molar-refractivity contribution in [3.63, 3.8) is 0 Å². The quantitative estimate of drug-likeness (QED) is 0.844. The Hall–Kier alpha value is -0.900. The largest absolute Gasteiger partial charge is 0.391 e. The number of nitrogens with zero attached hydrogens (tertiary/aromatic N) is 3. The SMILES string of the molecule is CCc1nc(CC)n(CC(O)CC2CCCC2)n1. The minimum atomic E-state index is -0.273. The Bertz CT molecular complexity index is 369. The molecule has 0 aromatic carbocycles. The second-order valence-corrected chi connectivity index (χ2v) is 5.37. The van der Waals surface area contributed by atoms with E-state index in [1.807, 2.05) is 4.68 Å². The summed E-state index contributed by atoms with van der Waals surface area (Å²) in [5.74, 6) is 2.61. The Morgan fingerprint density at radius 1 is 1.28 bits per heavy atom. The van der Waals surface area contributed by atoms with E-state index in [1.165, 1.54) is 25.7 Å². The van der Waals surface area contributed by atoms with E-state index < -0.39 is 0 Å².